The molecule has 0 aromatic carbocycles. The first-order valence-corrected chi connectivity index (χ1v) is 5.90. The van der Waals surface area contributed by atoms with Gasteiger partial charge in [0.1, 0.15) is 0 Å². The summed E-state index contributed by atoms with van der Waals surface area (Å²) in [5.74, 6) is -1.31. The van der Waals surface area contributed by atoms with E-state index in [9.17, 15) is 9.59 Å². The van der Waals surface area contributed by atoms with E-state index in [1.54, 1.807) is 13.8 Å². The van der Waals surface area contributed by atoms with Crippen molar-refractivity contribution in [3.8, 4) is 0 Å². The standard InChI is InChI=1S/C12H24N2O3/c1-8(2)5-9(11(16)17)7-14-10(15)6-12(3,4)13/h8-9H,5-7,13H2,1-4H3,(H,14,15)(H,16,17). The maximum Gasteiger partial charge on any atom is 0.308 e. The van der Waals surface area contributed by atoms with E-state index in [4.69, 9.17) is 10.8 Å². The molecule has 0 heterocycles. The fraction of sp³-hybridized carbons (Fsp3) is 0.833. The number of carbonyl (C=O) groups is 2. The zero-order chi connectivity index (χ0) is 13.6. The van der Waals surface area contributed by atoms with Crippen molar-refractivity contribution in [2.75, 3.05) is 6.54 Å². The number of carboxylic acid groups (broad SMARTS) is 1. The molecule has 5 nitrogen and oxygen atoms in total. The van der Waals surface area contributed by atoms with Gasteiger partial charge in [0, 0.05) is 18.5 Å². The summed E-state index contributed by atoms with van der Waals surface area (Å²) < 4.78 is 0. The second-order valence-electron chi connectivity index (χ2n) is 5.63. The molecule has 100 valence electrons. The largest absolute Gasteiger partial charge is 0.481 e. The average molecular weight is 244 g/mol. The van der Waals surface area contributed by atoms with Gasteiger partial charge in [-0.3, -0.25) is 9.59 Å². The van der Waals surface area contributed by atoms with Gasteiger partial charge in [-0.1, -0.05) is 13.8 Å². The first-order chi connectivity index (χ1) is 7.61. The second kappa shape index (κ2) is 6.59. The van der Waals surface area contributed by atoms with E-state index < -0.39 is 17.4 Å². The predicted molar refractivity (Wildman–Crippen MR) is 66.5 cm³/mol. The Morgan fingerprint density at radius 1 is 1.35 bits per heavy atom. The lowest BCUT2D eigenvalue weighted by atomic mass is 9.96. The van der Waals surface area contributed by atoms with Crippen molar-refractivity contribution in [2.45, 2.75) is 46.1 Å². The van der Waals surface area contributed by atoms with Gasteiger partial charge in [-0.25, -0.2) is 0 Å². The van der Waals surface area contributed by atoms with Crippen molar-refractivity contribution in [3.63, 3.8) is 0 Å². The van der Waals surface area contributed by atoms with Crippen molar-refractivity contribution in [1.29, 1.82) is 0 Å². The highest BCUT2D eigenvalue weighted by molar-refractivity contribution is 5.78. The van der Waals surface area contributed by atoms with Crippen LogP contribution in [0.25, 0.3) is 0 Å². The highest BCUT2D eigenvalue weighted by Crippen LogP contribution is 2.11. The summed E-state index contributed by atoms with van der Waals surface area (Å²) in [6, 6.07) is 0. The van der Waals surface area contributed by atoms with Crippen molar-refractivity contribution < 1.29 is 14.7 Å². The van der Waals surface area contributed by atoms with Crippen LogP contribution in [0.1, 0.15) is 40.5 Å². The van der Waals surface area contributed by atoms with Gasteiger partial charge in [0.25, 0.3) is 0 Å². The molecule has 0 rings (SSSR count). The molecule has 0 bridgehead atoms. The van der Waals surface area contributed by atoms with Crippen molar-refractivity contribution in [3.05, 3.63) is 0 Å². The summed E-state index contributed by atoms with van der Waals surface area (Å²) in [4.78, 5) is 22.4. The van der Waals surface area contributed by atoms with Crippen molar-refractivity contribution in [1.82, 2.24) is 5.32 Å². The minimum absolute atomic E-state index is 0.169. The summed E-state index contributed by atoms with van der Waals surface area (Å²) >= 11 is 0. The van der Waals surface area contributed by atoms with E-state index >= 15 is 0 Å². The molecule has 1 atom stereocenters. The fourth-order valence-electron chi connectivity index (χ4n) is 1.55. The van der Waals surface area contributed by atoms with Gasteiger partial charge in [-0.2, -0.15) is 0 Å². The maximum absolute atomic E-state index is 11.5. The van der Waals surface area contributed by atoms with Crippen molar-refractivity contribution in [2.24, 2.45) is 17.6 Å². The van der Waals surface area contributed by atoms with Crippen LogP contribution in [0.5, 0.6) is 0 Å². The quantitative estimate of drug-likeness (QED) is 0.622. The number of carboxylic acids is 1. The molecule has 0 aromatic rings. The topological polar surface area (TPSA) is 92.4 Å². The van der Waals surface area contributed by atoms with E-state index in [1.807, 2.05) is 13.8 Å². The Morgan fingerprint density at radius 2 is 1.88 bits per heavy atom. The van der Waals surface area contributed by atoms with Crippen molar-refractivity contribution >= 4 is 11.9 Å². The lowest BCUT2D eigenvalue weighted by Crippen LogP contribution is -2.41. The smallest absolute Gasteiger partial charge is 0.308 e. The fourth-order valence-corrected chi connectivity index (χ4v) is 1.55. The van der Waals surface area contributed by atoms with E-state index in [0.29, 0.717) is 12.3 Å². The second-order valence-corrected chi connectivity index (χ2v) is 5.63. The first-order valence-electron chi connectivity index (χ1n) is 5.90. The number of carbonyl (C=O) groups excluding carboxylic acids is 1. The molecule has 0 aromatic heterocycles. The Balaban J connectivity index is 4.13. The summed E-state index contributed by atoms with van der Waals surface area (Å²) in [6.45, 7) is 7.61. The molecular weight excluding hydrogens is 220 g/mol. The number of rotatable bonds is 7. The van der Waals surface area contributed by atoms with Gasteiger partial charge < -0.3 is 16.2 Å². The zero-order valence-corrected chi connectivity index (χ0v) is 11.1. The molecule has 1 amide bonds. The number of nitrogens with one attached hydrogen (secondary N) is 1. The van der Waals surface area contributed by atoms with E-state index in [1.165, 1.54) is 0 Å². The van der Waals surface area contributed by atoms with Crippen LogP contribution >= 0.6 is 0 Å². The van der Waals surface area contributed by atoms with Gasteiger partial charge in [0.15, 0.2) is 0 Å². The molecule has 0 saturated heterocycles. The third-order valence-corrected chi connectivity index (χ3v) is 2.27. The van der Waals surface area contributed by atoms with Crippen LogP contribution in [-0.2, 0) is 9.59 Å². The van der Waals surface area contributed by atoms with Gasteiger partial charge >= 0.3 is 5.97 Å². The van der Waals surface area contributed by atoms with Gasteiger partial charge in [-0.05, 0) is 26.2 Å². The van der Waals surface area contributed by atoms with Crippen LogP contribution in [0.3, 0.4) is 0 Å². The van der Waals surface area contributed by atoms with Crippen LogP contribution in [-0.4, -0.2) is 29.1 Å². The van der Waals surface area contributed by atoms with Gasteiger partial charge in [0.2, 0.25) is 5.91 Å². The van der Waals surface area contributed by atoms with Crippen LogP contribution in [0.2, 0.25) is 0 Å². The molecule has 0 aliphatic carbocycles. The monoisotopic (exact) mass is 244 g/mol. The van der Waals surface area contributed by atoms with E-state index in [-0.39, 0.29) is 18.9 Å². The Hall–Kier alpha value is -1.10. The molecule has 0 aliphatic heterocycles. The third kappa shape index (κ3) is 8.68. The Bertz CT molecular complexity index is 269. The highest BCUT2D eigenvalue weighted by Gasteiger charge is 2.21. The molecule has 0 saturated carbocycles. The summed E-state index contributed by atoms with van der Waals surface area (Å²) in [7, 11) is 0. The van der Waals surface area contributed by atoms with Gasteiger partial charge in [-0.15, -0.1) is 0 Å². The molecule has 1 unspecified atom stereocenters. The minimum atomic E-state index is -0.869. The Labute approximate surface area is 103 Å². The normalized spacial score (nSPS) is 13.5. The highest BCUT2D eigenvalue weighted by atomic mass is 16.4. The first kappa shape index (κ1) is 15.9. The number of aliphatic carboxylic acids is 1. The SMILES string of the molecule is CC(C)CC(CNC(=O)CC(C)(C)N)C(=O)O. The number of nitrogens with two attached hydrogens (primary N) is 1. The van der Waals surface area contributed by atoms with E-state index in [0.717, 1.165) is 0 Å². The number of hydrogen-bond acceptors (Lipinski definition) is 3. The number of hydrogen-bond donors (Lipinski definition) is 3. The third-order valence-electron chi connectivity index (χ3n) is 2.27. The van der Waals surface area contributed by atoms with Crippen LogP contribution in [0.15, 0.2) is 0 Å². The predicted octanol–water partition coefficient (Wildman–Crippen LogP) is 0.977. The van der Waals surface area contributed by atoms with Crippen LogP contribution in [0, 0.1) is 11.8 Å². The Morgan fingerprint density at radius 3 is 2.24 bits per heavy atom. The lowest BCUT2D eigenvalue weighted by molar-refractivity contribution is -0.142. The van der Waals surface area contributed by atoms with Crippen LogP contribution in [0.4, 0.5) is 0 Å². The van der Waals surface area contributed by atoms with Crippen LogP contribution < -0.4 is 11.1 Å². The molecule has 0 spiro atoms. The minimum Gasteiger partial charge on any atom is -0.481 e. The summed E-state index contributed by atoms with van der Waals surface area (Å²) in [5.41, 5.74) is 5.14. The molecule has 5 heteroatoms. The molecule has 0 aliphatic rings. The Kier molecular flexibility index (Phi) is 6.16. The molecular formula is C12H24N2O3. The average Bonchev–Trinajstić information content (AvgIpc) is 2.08. The molecule has 4 N–H and O–H groups in total. The summed E-state index contributed by atoms with van der Waals surface area (Å²) in [6.07, 6.45) is 0.753. The molecule has 0 fully saturated rings. The lowest BCUT2D eigenvalue weighted by Gasteiger charge is -2.19. The summed E-state index contributed by atoms with van der Waals surface area (Å²) in [5, 5.41) is 11.6. The zero-order valence-electron chi connectivity index (χ0n) is 11.1. The van der Waals surface area contributed by atoms with Gasteiger partial charge in [0.05, 0.1) is 5.92 Å². The van der Waals surface area contributed by atoms with E-state index in [2.05, 4.69) is 5.32 Å². The molecule has 17 heavy (non-hydrogen) atoms. The maximum atomic E-state index is 11.5. The number of amides is 1. The molecule has 0 radical (unpaired) electrons.